The van der Waals surface area contributed by atoms with Gasteiger partial charge in [0.2, 0.25) is 0 Å². The zero-order chi connectivity index (χ0) is 11.9. The average molecular weight is 243 g/mol. The van der Waals surface area contributed by atoms with Gasteiger partial charge in [0.1, 0.15) is 5.84 Å². The van der Waals surface area contributed by atoms with Crippen LogP contribution in [0.2, 0.25) is 0 Å². The molecule has 1 aromatic rings. The second-order valence-electron chi connectivity index (χ2n) is 3.12. The third-order valence-corrected chi connectivity index (χ3v) is 2.97. The number of ether oxygens (including phenoxy) is 1. The van der Waals surface area contributed by atoms with Crippen molar-refractivity contribution >= 4 is 21.7 Å². The molecule has 1 aromatic carbocycles. The fraction of sp³-hybridized carbons (Fsp3) is 0.125. The third-order valence-electron chi connectivity index (χ3n) is 2.05. The first-order valence-corrected chi connectivity index (χ1v) is 5.66. The quantitative estimate of drug-likeness (QED) is 0.590. The molecule has 0 atom stereocenters. The number of rotatable bonds is 1. The maximum atomic E-state index is 11.2. The number of benzene rings is 1. The summed E-state index contributed by atoms with van der Waals surface area (Å²) in [5.74, 6) is -0.164. The Hall–Kier alpha value is -1.96. The van der Waals surface area contributed by atoms with Crippen LogP contribution in [-0.2, 0) is 10.2 Å². The van der Waals surface area contributed by atoms with Crippen LogP contribution in [0.25, 0.3) is 0 Å². The van der Waals surface area contributed by atoms with Gasteiger partial charge in [-0.25, -0.2) is 0 Å². The first-order valence-electron chi connectivity index (χ1n) is 4.22. The molecular weight excluding hydrogens is 234 g/mol. The predicted molar refractivity (Wildman–Crippen MR) is 57.9 cm³/mol. The fourth-order valence-electron chi connectivity index (χ4n) is 1.37. The molecule has 4 N–H and O–H groups in total. The van der Waals surface area contributed by atoms with Gasteiger partial charge >= 0.3 is 10.2 Å². The van der Waals surface area contributed by atoms with Gasteiger partial charge in [-0.15, -0.1) is 4.40 Å². The summed E-state index contributed by atoms with van der Waals surface area (Å²) in [5.41, 5.74) is 6.00. The molecule has 0 fully saturated rings. The van der Waals surface area contributed by atoms with E-state index >= 15 is 0 Å². The highest BCUT2D eigenvalue weighted by atomic mass is 32.2. The van der Waals surface area contributed by atoms with Crippen molar-refractivity contribution in [1.82, 2.24) is 0 Å². The number of nitrogens with zero attached hydrogens (tertiary/aromatic N) is 1. The van der Waals surface area contributed by atoms with Crippen molar-refractivity contribution in [3.63, 3.8) is 0 Å². The SMILES string of the molecule is COc1cc2c(cc1O)C(N)=NS(=O)(=O)N2. The van der Waals surface area contributed by atoms with E-state index in [1.54, 1.807) is 0 Å². The summed E-state index contributed by atoms with van der Waals surface area (Å²) >= 11 is 0. The van der Waals surface area contributed by atoms with Gasteiger partial charge in [0, 0.05) is 11.6 Å². The Balaban J connectivity index is 2.67. The minimum absolute atomic E-state index is 0.138. The molecule has 86 valence electrons. The number of anilines is 1. The average Bonchev–Trinajstić information content (AvgIpc) is 2.17. The van der Waals surface area contributed by atoms with Gasteiger partial charge < -0.3 is 15.6 Å². The number of phenols is 1. The molecule has 1 heterocycles. The van der Waals surface area contributed by atoms with Gasteiger partial charge in [0.25, 0.3) is 0 Å². The maximum Gasteiger partial charge on any atom is 0.344 e. The molecule has 0 amide bonds. The summed E-state index contributed by atoms with van der Waals surface area (Å²) < 4.78 is 32.7. The third kappa shape index (κ3) is 1.63. The normalized spacial score (nSPS) is 16.9. The second-order valence-corrected chi connectivity index (χ2v) is 4.46. The highest BCUT2D eigenvalue weighted by Gasteiger charge is 2.22. The van der Waals surface area contributed by atoms with Gasteiger partial charge in [0.15, 0.2) is 11.5 Å². The summed E-state index contributed by atoms with van der Waals surface area (Å²) in [5, 5.41) is 9.50. The lowest BCUT2D eigenvalue weighted by atomic mass is 10.1. The van der Waals surface area contributed by atoms with Gasteiger partial charge in [-0.2, -0.15) is 8.42 Å². The summed E-state index contributed by atoms with van der Waals surface area (Å²) in [6, 6.07) is 2.62. The molecule has 1 aliphatic heterocycles. The van der Waals surface area contributed by atoms with Crippen molar-refractivity contribution in [2.75, 3.05) is 11.8 Å². The van der Waals surface area contributed by atoms with E-state index in [2.05, 4.69) is 9.12 Å². The lowest BCUT2D eigenvalue weighted by molar-refractivity contribution is 0.373. The van der Waals surface area contributed by atoms with Gasteiger partial charge in [0.05, 0.1) is 12.8 Å². The Bertz CT molecular complexity index is 579. The van der Waals surface area contributed by atoms with E-state index in [9.17, 15) is 13.5 Å². The van der Waals surface area contributed by atoms with Crippen LogP contribution in [-0.4, -0.2) is 26.5 Å². The maximum absolute atomic E-state index is 11.2. The standard InChI is InChI=1S/C8H9N3O4S/c1-15-7-3-5-4(2-6(7)12)8(9)11-16(13,14)10-5/h2-3,10,12H,1H3,(H2,9,11). The minimum atomic E-state index is -3.81. The molecule has 0 saturated heterocycles. The first kappa shape index (κ1) is 10.6. The van der Waals surface area contributed by atoms with Gasteiger partial charge in [-0.1, -0.05) is 0 Å². The van der Waals surface area contributed by atoms with Crippen LogP contribution < -0.4 is 15.2 Å². The van der Waals surface area contributed by atoms with Crippen molar-refractivity contribution < 1.29 is 18.3 Å². The van der Waals surface area contributed by atoms with Crippen LogP contribution in [0.3, 0.4) is 0 Å². The summed E-state index contributed by atoms with van der Waals surface area (Å²) in [7, 11) is -2.45. The van der Waals surface area contributed by atoms with E-state index in [-0.39, 0.29) is 23.0 Å². The van der Waals surface area contributed by atoms with E-state index in [0.717, 1.165) is 0 Å². The topological polar surface area (TPSA) is 114 Å². The molecule has 0 radical (unpaired) electrons. The number of phenolic OH excluding ortho intramolecular Hbond substituents is 1. The van der Waals surface area contributed by atoms with Crippen LogP contribution in [0.1, 0.15) is 5.56 Å². The number of aromatic hydroxyl groups is 1. The number of methoxy groups -OCH3 is 1. The van der Waals surface area contributed by atoms with E-state index in [1.165, 1.54) is 19.2 Å². The molecule has 0 aliphatic carbocycles. The smallest absolute Gasteiger partial charge is 0.344 e. The molecule has 0 unspecified atom stereocenters. The second kappa shape index (κ2) is 3.27. The van der Waals surface area contributed by atoms with Crippen molar-refractivity contribution in [2.24, 2.45) is 10.1 Å². The van der Waals surface area contributed by atoms with E-state index in [4.69, 9.17) is 10.5 Å². The highest BCUT2D eigenvalue weighted by molar-refractivity contribution is 7.91. The van der Waals surface area contributed by atoms with Crippen molar-refractivity contribution in [2.45, 2.75) is 0 Å². The Morgan fingerprint density at radius 3 is 2.81 bits per heavy atom. The first-order chi connectivity index (χ1) is 7.43. The number of hydrogen-bond acceptors (Lipinski definition) is 5. The number of fused-ring (bicyclic) bond motifs is 1. The number of amidine groups is 1. The molecule has 1 aliphatic rings. The van der Waals surface area contributed by atoms with Crippen LogP contribution >= 0.6 is 0 Å². The number of nitrogens with two attached hydrogens (primary N) is 1. The van der Waals surface area contributed by atoms with E-state index in [0.29, 0.717) is 5.56 Å². The Kier molecular flexibility index (Phi) is 2.16. The fourth-order valence-corrected chi connectivity index (χ4v) is 2.22. The Morgan fingerprint density at radius 1 is 1.50 bits per heavy atom. The van der Waals surface area contributed by atoms with Crippen LogP contribution in [0, 0.1) is 0 Å². The summed E-state index contributed by atoms with van der Waals surface area (Å²) in [6.45, 7) is 0. The van der Waals surface area contributed by atoms with E-state index < -0.39 is 10.2 Å². The molecule has 16 heavy (non-hydrogen) atoms. The number of nitrogens with one attached hydrogen (secondary N) is 1. The van der Waals surface area contributed by atoms with Crippen molar-refractivity contribution in [1.29, 1.82) is 0 Å². The zero-order valence-electron chi connectivity index (χ0n) is 8.26. The van der Waals surface area contributed by atoms with Crippen LogP contribution in [0.15, 0.2) is 16.5 Å². The van der Waals surface area contributed by atoms with Crippen molar-refractivity contribution in [3.8, 4) is 11.5 Å². The molecule has 0 saturated carbocycles. The molecular formula is C8H9N3O4S. The molecule has 0 aromatic heterocycles. The largest absolute Gasteiger partial charge is 0.504 e. The molecule has 7 nitrogen and oxygen atoms in total. The van der Waals surface area contributed by atoms with E-state index in [1.807, 2.05) is 0 Å². The zero-order valence-corrected chi connectivity index (χ0v) is 9.08. The lowest BCUT2D eigenvalue weighted by Gasteiger charge is -2.17. The number of hydrogen-bond donors (Lipinski definition) is 3. The van der Waals surface area contributed by atoms with Crippen LogP contribution in [0.5, 0.6) is 11.5 Å². The molecule has 8 heteroatoms. The minimum Gasteiger partial charge on any atom is -0.504 e. The van der Waals surface area contributed by atoms with Gasteiger partial charge in [-0.05, 0) is 6.07 Å². The van der Waals surface area contributed by atoms with Crippen molar-refractivity contribution in [3.05, 3.63) is 17.7 Å². The molecule has 2 rings (SSSR count). The lowest BCUT2D eigenvalue weighted by Crippen LogP contribution is -2.26. The summed E-state index contributed by atoms with van der Waals surface area (Å²) in [4.78, 5) is 0. The van der Waals surface area contributed by atoms with Gasteiger partial charge in [-0.3, -0.25) is 4.72 Å². The molecule has 0 bridgehead atoms. The molecule has 0 spiro atoms. The monoisotopic (exact) mass is 243 g/mol. The predicted octanol–water partition coefficient (Wildman–Crippen LogP) is -0.224. The van der Waals surface area contributed by atoms with Crippen LogP contribution in [0.4, 0.5) is 5.69 Å². The summed E-state index contributed by atoms with van der Waals surface area (Å²) in [6.07, 6.45) is 0. The Morgan fingerprint density at radius 2 is 2.19 bits per heavy atom. The Labute approximate surface area is 91.7 Å². The highest BCUT2D eigenvalue weighted by Crippen LogP contribution is 2.34.